The molecule has 1 N–H and O–H groups in total. The van der Waals surface area contributed by atoms with E-state index in [1.165, 1.54) is 6.92 Å². The van der Waals surface area contributed by atoms with Gasteiger partial charge in [0.25, 0.3) is 0 Å². The summed E-state index contributed by atoms with van der Waals surface area (Å²) < 4.78 is 0. The van der Waals surface area contributed by atoms with E-state index in [9.17, 15) is 4.79 Å². The molecule has 0 rings (SSSR count). The predicted molar refractivity (Wildman–Crippen MR) is 51.2 cm³/mol. The number of carbonyl (C=O) groups excluding carboxylic acids is 1. The molecule has 2 nitrogen and oxygen atoms in total. The van der Waals surface area contributed by atoms with E-state index in [1.54, 1.807) is 0 Å². The summed E-state index contributed by atoms with van der Waals surface area (Å²) >= 11 is 0. The molecule has 0 spiro atoms. The fraction of sp³-hybridized carbons (Fsp3) is 0.625. The molecular weight excluding hydrogens is 154 g/mol. The first kappa shape index (κ1) is 10.4. The Balaban J connectivity index is 3.54. The number of amides is 1. The van der Waals surface area contributed by atoms with Gasteiger partial charge in [-0.25, -0.2) is 0 Å². The Bertz CT molecular complexity index is 158. The molecule has 0 saturated heterocycles. The van der Waals surface area contributed by atoms with Crippen LogP contribution in [0.15, 0.2) is 11.8 Å². The minimum Gasteiger partial charge on any atom is -0.353 e. The second-order valence-corrected chi connectivity index (χ2v) is 8.77. The van der Waals surface area contributed by atoms with Crippen LogP contribution in [0.3, 0.4) is 0 Å². The Morgan fingerprint density at radius 3 is 2.36 bits per heavy atom. The third-order valence-electron chi connectivity index (χ3n) is 1.09. The molecule has 0 saturated carbocycles. The fourth-order valence-corrected chi connectivity index (χ4v) is 1.44. The van der Waals surface area contributed by atoms with Crippen LogP contribution in [0.1, 0.15) is 6.92 Å². The molecule has 0 atom stereocenters. The normalized spacial score (nSPS) is 12.0. The quantitative estimate of drug-likeness (QED) is 0.641. The highest BCUT2D eigenvalue weighted by Crippen LogP contribution is 2.00. The van der Waals surface area contributed by atoms with Crippen molar-refractivity contribution in [2.24, 2.45) is 0 Å². The van der Waals surface area contributed by atoms with E-state index >= 15 is 0 Å². The molecule has 0 bridgehead atoms. The summed E-state index contributed by atoms with van der Waals surface area (Å²) in [5.74, 6) is 0.0326. The molecule has 0 fully saturated rings. The van der Waals surface area contributed by atoms with E-state index in [0.29, 0.717) is 6.54 Å². The molecule has 1 amide bonds. The van der Waals surface area contributed by atoms with Crippen molar-refractivity contribution in [2.75, 3.05) is 6.54 Å². The number of nitrogens with one attached hydrogen (secondary N) is 1. The average molecular weight is 171 g/mol. The Morgan fingerprint density at radius 2 is 2.00 bits per heavy atom. The van der Waals surface area contributed by atoms with E-state index in [2.05, 4.69) is 30.7 Å². The molecule has 0 aromatic rings. The van der Waals surface area contributed by atoms with Gasteiger partial charge >= 0.3 is 0 Å². The van der Waals surface area contributed by atoms with Gasteiger partial charge in [0.2, 0.25) is 5.91 Å². The van der Waals surface area contributed by atoms with Crippen LogP contribution in [0.25, 0.3) is 0 Å². The second-order valence-electron chi connectivity index (χ2n) is 3.71. The van der Waals surface area contributed by atoms with E-state index in [-0.39, 0.29) is 5.91 Å². The largest absolute Gasteiger partial charge is 0.353 e. The number of carbonyl (C=O) groups is 1. The Morgan fingerprint density at radius 1 is 1.45 bits per heavy atom. The lowest BCUT2D eigenvalue weighted by atomic mass is 10.6. The minimum atomic E-state index is -1.06. The third kappa shape index (κ3) is 9.43. The smallest absolute Gasteiger partial charge is 0.217 e. The number of rotatable bonds is 3. The molecule has 0 aromatic heterocycles. The van der Waals surface area contributed by atoms with E-state index < -0.39 is 8.07 Å². The van der Waals surface area contributed by atoms with Gasteiger partial charge in [-0.2, -0.15) is 0 Å². The van der Waals surface area contributed by atoms with Crippen molar-refractivity contribution in [1.29, 1.82) is 0 Å². The summed E-state index contributed by atoms with van der Waals surface area (Å²) in [6.45, 7) is 8.98. The van der Waals surface area contributed by atoms with Crippen LogP contribution in [-0.2, 0) is 4.79 Å². The molecule has 11 heavy (non-hydrogen) atoms. The van der Waals surface area contributed by atoms with Crippen molar-refractivity contribution < 1.29 is 4.79 Å². The van der Waals surface area contributed by atoms with Crippen molar-refractivity contribution in [1.82, 2.24) is 5.32 Å². The third-order valence-corrected chi connectivity index (χ3v) is 2.32. The zero-order valence-corrected chi connectivity index (χ0v) is 8.77. The van der Waals surface area contributed by atoms with Gasteiger partial charge in [0.05, 0.1) is 8.07 Å². The van der Waals surface area contributed by atoms with Crippen molar-refractivity contribution >= 4 is 14.0 Å². The van der Waals surface area contributed by atoms with Crippen molar-refractivity contribution in [3.63, 3.8) is 0 Å². The molecule has 0 heterocycles. The van der Waals surface area contributed by atoms with Crippen LogP contribution >= 0.6 is 0 Å². The van der Waals surface area contributed by atoms with Crippen molar-refractivity contribution in [3.05, 3.63) is 11.8 Å². The van der Waals surface area contributed by atoms with E-state index in [4.69, 9.17) is 0 Å². The van der Waals surface area contributed by atoms with Crippen LogP contribution in [0.4, 0.5) is 0 Å². The summed E-state index contributed by atoms with van der Waals surface area (Å²) in [4.78, 5) is 10.4. The summed E-state index contributed by atoms with van der Waals surface area (Å²) in [6, 6.07) is 0. The SMILES string of the molecule is CC(=O)NC/C=C/[Si](C)(C)C. The number of hydrogen-bond acceptors (Lipinski definition) is 1. The molecule has 3 heteroatoms. The fourth-order valence-electron chi connectivity index (χ4n) is 0.615. The lowest BCUT2D eigenvalue weighted by molar-refractivity contribution is -0.118. The molecule has 0 aromatic carbocycles. The van der Waals surface area contributed by atoms with Crippen LogP contribution in [-0.4, -0.2) is 20.5 Å². The molecular formula is C8H17NOSi. The average Bonchev–Trinajstić information content (AvgIpc) is 1.78. The van der Waals surface area contributed by atoms with Gasteiger partial charge < -0.3 is 5.32 Å². The molecule has 0 aliphatic heterocycles. The zero-order valence-electron chi connectivity index (χ0n) is 7.77. The van der Waals surface area contributed by atoms with Crippen LogP contribution in [0.2, 0.25) is 19.6 Å². The number of hydrogen-bond donors (Lipinski definition) is 1. The topological polar surface area (TPSA) is 29.1 Å². The molecule has 0 unspecified atom stereocenters. The van der Waals surface area contributed by atoms with Gasteiger partial charge in [0, 0.05) is 13.5 Å². The standard InChI is InChI=1S/C8H17NOSi/c1-8(10)9-6-5-7-11(2,3)4/h5,7H,6H2,1-4H3,(H,9,10)/b7-5+. The van der Waals surface area contributed by atoms with Crippen LogP contribution in [0, 0.1) is 0 Å². The first-order chi connectivity index (χ1) is 4.92. The summed E-state index contributed by atoms with van der Waals surface area (Å²) in [5.41, 5.74) is 2.23. The molecule has 0 radical (unpaired) electrons. The summed E-state index contributed by atoms with van der Waals surface area (Å²) in [6.07, 6.45) is 2.04. The zero-order chi connectivity index (χ0) is 8.91. The van der Waals surface area contributed by atoms with Crippen molar-refractivity contribution in [2.45, 2.75) is 26.6 Å². The second kappa shape index (κ2) is 4.33. The van der Waals surface area contributed by atoms with Gasteiger partial charge in [-0.15, -0.1) is 0 Å². The predicted octanol–water partition coefficient (Wildman–Crippen LogP) is 1.56. The van der Waals surface area contributed by atoms with Gasteiger partial charge in [0.1, 0.15) is 0 Å². The highest BCUT2D eigenvalue weighted by molar-refractivity contribution is 6.80. The van der Waals surface area contributed by atoms with Crippen molar-refractivity contribution in [3.8, 4) is 0 Å². The lowest BCUT2D eigenvalue weighted by Gasteiger charge is -2.07. The molecule has 0 aliphatic rings. The monoisotopic (exact) mass is 171 g/mol. The maximum absolute atomic E-state index is 10.4. The maximum Gasteiger partial charge on any atom is 0.217 e. The Labute approximate surface area is 69.7 Å². The van der Waals surface area contributed by atoms with E-state index in [0.717, 1.165) is 0 Å². The minimum absolute atomic E-state index is 0.0326. The van der Waals surface area contributed by atoms with Crippen LogP contribution in [0.5, 0.6) is 0 Å². The first-order valence-electron chi connectivity index (χ1n) is 3.84. The highest BCUT2D eigenvalue weighted by Gasteiger charge is 2.05. The first-order valence-corrected chi connectivity index (χ1v) is 7.42. The van der Waals surface area contributed by atoms with Gasteiger partial charge in [-0.05, 0) is 0 Å². The van der Waals surface area contributed by atoms with Gasteiger partial charge in [0.15, 0.2) is 0 Å². The maximum atomic E-state index is 10.4. The summed E-state index contributed by atoms with van der Waals surface area (Å²) in [5, 5.41) is 2.71. The molecule has 64 valence electrons. The summed E-state index contributed by atoms with van der Waals surface area (Å²) in [7, 11) is -1.06. The van der Waals surface area contributed by atoms with E-state index in [1.807, 2.05) is 6.08 Å². The van der Waals surface area contributed by atoms with Gasteiger partial charge in [-0.3, -0.25) is 4.79 Å². The molecule has 0 aliphatic carbocycles. The Hall–Kier alpha value is -0.573. The van der Waals surface area contributed by atoms with Gasteiger partial charge in [-0.1, -0.05) is 31.4 Å². The Kier molecular flexibility index (Phi) is 4.11. The lowest BCUT2D eigenvalue weighted by Crippen LogP contribution is -2.21. The highest BCUT2D eigenvalue weighted by atomic mass is 28.3. The van der Waals surface area contributed by atoms with Crippen LogP contribution < -0.4 is 5.32 Å².